The van der Waals surface area contributed by atoms with Crippen molar-refractivity contribution in [2.75, 3.05) is 26.7 Å². The van der Waals surface area contributed by atoms with Crippen molar-refractivity contribution >= 4 is 18.0 Å². The number of aliphatic carboxylic acids is 1. The van der Waals surface area contributed by atoms with Crippen molar-refractivity contribution in [3.8, 4) is 0 Å². The largest absolute Gasteiger partial charge is 0.481 e. The molecule has 1 aliphatic carbocycles. The minimum Gasteiger partial charge on any atom is -0.481 e. The Bertz CT molecular complexity index is 708. The second-order valence-electron chi connectivity index (χ2n) is 10.9. The predicted molar refractivity (Wildman–Crippen MR) is 141 cm³/mol. The standard InChI is InChI=1S/C27H49N3O6/c1-26(2,24(32)33)17-20-35-27(3,4)16-19-29-23(31)22(15-11-12-18-28-5)30-25(34)36-21-13-9-7-6-8-10-14-21/h6-7,21-22,28H,8-20H2,1-5H3,(H,29,31)(H,30,34)(H,32,33)/b7-6+/t21?,22-/m0/s1. The molecule has 208 valence electrons. The van der Waals surface area contributed by atoms with Crippen LogP contribution in [-0.4, -0.2) is 67.6 Å². The molecule has 9 nitrogen and oxygen atoms in total. The average molecular weight is 512 g/mol. The minimum atomic E-state index is -0.852. The number of alkyl carbamates (subject to hydrolysis) is 1. The van der Waals surface area contributed by atoms with Crippen molar-refractivity contribution in [1.82, 2.24) is 16.0 Å². The number of allylic oxidation sites excluding steroid dienone is 2. The number of unbranched alkanes of at least 4 members (excludes halogenated alkanes) is 1. The van der Waals surface area contributed by atoms with Crippen LogP contribution in [0.25, 0.3) is 0 Å². The summed E-state index contributed by atoms with van der Waals surface area (Å²) in [6.07, 6.45) is 11.3. The Hall–Kier alpha value is -2.13. The van der Waals surface area contributed by atoms with E-state index in [1.54, 1.807) is 13.8 Å². The van der Waals surface area contributed by atoms with Gasteiger partial charge in [0.05, 0.1) is 11.0 Å². The van der Waals surface area contributed by atoms with Crippen LogP contribution >= 0.6 is 0 Å². The first-order valence-electron chi connectivity index (χ1n) is 13.4. The molecule has 1 aliphatic rings. The molecule has 0 fully saturated rings. The number of carbonyl (C=O) groups is 3. The van der Waals surface area contributed by atoms with Gasteiger partial charge >= 0.3 is 12.1 Å². The summed E-state index contributed by atoms with van der Waals surface area (Å²) in [5.41, 5.74) is -1.37. The molecular formula is C27H49N3O6. The molecule has 2 atom stereocenters. The summed E-state index contributed by atoms with van der Waals surface area (Å²) >= 11 is 0. The van der Waals surface area contributed by atoms with Crippen LogP contribution in [0.5, 0.6) is 0 Å². The van der Waals surface area contributed by atoms with Crippen molar-refractivity contribution in [3.63, 3.8) is 0 Å². The van der Waals surface area contributed by atoms with Gasteiger partial charge in [0.2, 0.25) is 5.91 Å². The zero-order chi connectivity index (χ0) is 27.0. The molecule has 2 amide bonds. The van der Waals surface area contributed by atoms with E-state index < -0.39 is 29.1 Å². The molecule has 0 bridgehead atoms. The quantitative estimate of drug-likeness (QED) is 0.181. The highest BCUT2D eigenvalue weighted by molar-refractivity contribution is 5.85. The summed E-state index contributed by atoms with van der Waals surface area (Å²) < 4.78 is 11.5. The smallest absolute Gasteiger partial charge is 0.408 e. The molecule has 0 heterocycles. The van der Waals surface area contributed by atoms with Crippen LogP contribution in [0.3, 0.4) is 0 Å². The minimum absolute atomic E-state index is 0.132. The summed E-state index contributed by atoms with van der Waals surface area (Å²) in [6, 6.07) is -0.664. The molecule has 0 aromatic carbocycles. The number of carboxylic acids is 1. The second kappa shape index (κ2) is 16.6. The zero-order valence-electron chi connectivity index (χ0n) is 23.0. The van der Waals surface area contributed by atoms with E-state index >= 15 is 0 Å². The van der Waals surface area contributed by atoms with Gasteiger partial charge in [-0.1, -0.05) is 12.2 Å². The third-order valence-corrected chi connectivity index (χ3v) is 6.60. The van der Waals surface area contributed by atoms with Crippen LogP contribution in [0.15, 0.2) is 12.2 Å². The first-order valence-corrected chi connectivity index (χ1v) is 13.4. The van der Waals surface area contributed by atoms with Gasteiger partial charge in [-0.05, 0) is 105 Å². The van der Waals surface area contributed by atoms with E-state index in [2.05, 4.69) is 28.1 Å². The lowest BCUT2D eigenvalue weighted by atomic mass is 9.90. The summed E-state index contributed by atoms with van der Waals surface area (Å²) in [6.45, 7) is 8.73. The van der Waals surface area contributed by atoms with Crippen LogP contribution in [0.4, 0.5) is 4.79 Å². The molecule has 0 aromatic rings. The maximum atomic E-state index is 12.9. The maximum Gasteiger partial charge on any atom is 0.408 e. The second-order valence-corrected chi connectivity index (χ2v) is 10.9. The highest BCUT2D eigenvalue weighted by atomic mass is 16.6. The van der Waals surface area contributed by atoms with Gasteiger partial charge in [-0.15, -0.1) is 0 Å². The van der Waals surface area contributed by atoms with Crippen LogP contribution in [0, 0.1) is 5.41 Å². The van der Waals surface area contributed by atoms with Crippen LogP contribution in [0.2, 0.25) is 0 Å². The number of nitrogens with one attached hydrogen (secondary N) is 3. The van der Waals surface area contributed by atoms with Gasteiger partial charge in [-0.25, -0.2) is 4.79 Å². The molecule has 0 saturated heterocycles. The summed E-state index contributed by atoms with van der Waals surface area (Å²) in [7, 11) is 1.89. The molecule has 36 heavy (non-hydrogen) atoms. The molecule has 0 radical (unpaired) electrons. The molecule has 9 heteroatoms. The third-order valence-electron chi connectivity index (χ3n) is 6.60. The Kier molecular flexibility index (Phi) is 14.7. The van der Waals surface area contributed by atoms with Crippen molar-refractivity contribution in [3.05, 3.63) is 12.2 Å². The van der Waals surface area contributed by atoms with Gasteiger partial charge in [0.25, 0.3) is 0 Å². The highest BCUT2D eigenvalue weighted by Crippen LogP contribution is 2.23. The van der Waals surface area contributed by atoms with E-state index in [1.165, 1.54) is 0 Å². The Morgan fingerprint density at radius 3 is 2.44 bits per heavy atom. The van der Waals surface area contributed by atoms with Crippen LogP contribution < -0.4 is 16.0 Å². The van der Waals surface area contributed by atoms with Gasteiger partial charge in [0.1, 0.15) is 12.1 Å². The van der Waals surface area contributed by atoms with E-state index in [1.807, 2.05) is 20.9 Å². The van der Waals surface area contributed by atoms with Crippen LogP contribution in [-0.2, 0) is 19.1 Å². The first kappa shape index (κ1) is 31.9. The number of hydrogen-bond acceptors (Lipinski definition) is 6. The third kappa shape index (κ3) is 13.8. The summed E-state index contributed by atoms with van der Waals surface area (Å²) in [5.74, 6) is -1.09. The molecule has 0 spiro atoms. The van der Waals surface area contributed by atoms with E-state index in [9.17, 15) is 19.5 Å². The van der Waals surface area contributed by atoms with Crippen molar-refractivity contribution in [2.24, 2.45) is 5.41 Å². The van der Waals surface area contributed by atoms with Gasteiger partial charge in [-0.3, -0.25) is 9.59 Å². The maximum absolute atomic E-state index is 12.9. The molecule has 0 saturated carbocycles. The monoisotopic (exact) mass is 511 g/mol. The molecule has 4 N–H and O–H groups in total. The fourth-order valence-corrected chi connectivity index (χ4v) is 3.86. The van der Waals surface area contributed by atoms with Gasteiger partial charge in [-0.2, -0.15) is 0 Å². The van der Waals surface area contributed by atoms with E-state index in [4.69, 9.17) is 9.47 Å². The molecule has 1 rings (SSSR count). The van der Waals surface area contributed by atoms with Gasteiger partial charge in [0.15, 0.2) is 0 Å². The normalized spacial score (nSPS) is 18.4. The number of amides is 2. The highest BCUT2D eigenvalue weighted by Gasteiger charge is 2.29. The van der Waals surface area contributed by atoms with E-state index in [0.717, 1.165) is 51.5 Å². The fraction of sp³-hybridized carbons (Fsp3) is 0.815. The lowest BCUT2D eigenvalue weighted by Gasteiger charge is -2.28. The number of carbonyl (C=O) groups excluding carboxylic acids is 2. The molecule has 0 aliphatic heterocycles. The Balaban J connectivity index is 2.55. The van der Waals surface area contributed by atoms with Gasteiger partial charge in [0, 0.05) is 13.2 Å². The molecule has 0 aromatic heterocycles. The van der Waals surface area contributed by atoms with E-state index in [0.29, 0.717) is 32.4 Å². The SMILES string of the molecule is CNCCCC[C@H](NC(=O)OC1CC/C=C/CCC1)C(=O)NCCC(C)(C)OCCC(C)(C)C(=O)O. The van der Waals surface area contributed by atoms with Crippen molar-refractivity contribution < 1.29 is 29.0 Å². The lowest BCUT2D eigenvalue weighted by Crippen LogP contribution is -2.48. The number of carboxylic acid groups (broad SMARTS) is 1. The average Bonchev–Trinajstić information content (AvgIpc) is 2.77. The number of hydrogen-bond donors (Lipinski definition) is 4. The summed E-state index contributed by atoms with van der Waals surface area (Å²) in [5, 5.41) is 18.1. The predicted octanol–water partition coefficient (Wildman–Crippen LogP) is 4.16. The fourth-order valence-electron chi connectivity index (χ4n) is 3.86. The van der Waals surface area contributed by atoms with E-state index in [-0.39, 0.29) is 12.0 Å². The Morgan fingerprint density at radius 2 is 1.75 bits per heavy atom. The van der Waals surface area contributed by atoms with Gasteiger partial charge < -0.3 is 30.5 Å². The lowest BCUT2D eigenvalue weighted by molar-refractivity contribution is -0.149. The number of ether oxygens (including phenoxy) is 2. The number of rotatable bonds is 16. The first-order chi connectivity index (χ1) is 17.0. The topological polar surface area (TPSA) is 126 Å². The Morgan fingerprint density at radius 1 is 1.03 bits per heavy atom. The zero-order valence-corrected chi connectivity index (χ0v) is 23.0. The van der Waals surface area contributed by atoms with Crippen LogP contribution in [0.1, 0.15) is 91.9 Å². The Labute approximate surface area is 217 Å². The molecule has 1 unspecified atom stereocenters. The van der Waals surface area contributed by atoms with Crippen molar-refractivity contribution in [1.29, 1.82) is 0 Å². The molecular weight excluding hydrogens is 462 g/mol. The summed E-state index contributed by atoms with van der Waals surface area (Å²) in [4.78, 5) is 36.8. The van der Waals surface area contributed by atoms with Crippen molar-refractivity contribution in [2.45, 2.75) is 110 Å².